The van der Waals surface area contributed by atoms with Crippen LogP contribution in [0.5, 0.6) is 5.75 Å². The molecule has 1 N–H and O–H groups in total. The van der Waals surface area contributed by atoms with Gasteiger partial charge in [-0.1, -0.05) is 0 Å². The first-order valence-corrected chi connectivity index (χ1v) is 13.0. The predicted molar refractivity (Wildman–Crippen MR) is 150 cm³/mol. The van der Waals surface area contributed by atoms with Gasteiger partial charge in [0.15, 0.2) is 11.9 Å². The second-order valence-electron chi connectivity index (χ2n) is 11.0. The summed E-state index contributed by atoms with van der Waals surface area (Å²) < 4.78 is 14.1. The van der Waals surface area contributed by atoms with Gasteiger partial charge in [-0.3, -0.25) is 4.98 Å². The Bertz CT molecular complexity index is 1760. The van der Waals surface area contributed by atoms with Gasteiger partial charge in [-0.15, -0.1) is 0 Å². The highest BCUT2D eigenvalue weighted by atomic mass is 16.5. The lowest BCUT2D eigenvalue weighted by molar-refractivity contribution is -0.160. The van der Waals surface area contributed by atoms with E-state index in [9.17, 15) is 9.90 Å². The summed E-state index contributed by atoms with van der Waals surface area (Å²) >= 11 is 0. The van der Waals surface area contributed by atoms with Crippen LogP contribution in [0.15, 0.2) is 55.0 Å². The van der Waals surface area contributed by atoms with Crippen LogP contribution >= 0.6 is 0 Å². The zero-order valence-electron chi connectivity index (χ0n) is 22.6. The molecule has 0 unspecified atom stereocenters. The van der Waals surface area contributed by atoms with Crippen LogP contribution in [0.4, 0.5) is 0 Å². The molecule has 0 spiro atoms. The average molecular weight is 523 g/mol. The highest BCUT2D eigenvalue weighted by Crippen LogP contribution is 2.45. The average Bonchev–Trinajstić information content (AvgIpc) is 3.32. The van der Waals surface area contributed by atoms with Gasteiger partial charge in [0, 0.05) is 54.0 Å². The molecule has 2 aromatic carbocycles. The van der Waals surface area contributed by atoms with Crippen LogP contribution < -0.4 is 4.74 Å². The molecule has 1 aliphatic heterocycles. The lowest BCUT2D eigenvalue weighted by atomic mass is 9.86. The van der Waals surface area contributed by atoms with E-state index in [2.05, 4.69) is 4.98 Å². The van der Waals surface area contributed by atoms with Crippen molar-refractivity contribution in [2.24, 2.45) is 7.05 Å². The van der Waals surface area contributed by atoms with Gasteiger partial charge in [-0.25, -0.2) is 14.8 Å². The van der Waals surface area contributed by atoms with Gasteiger partial charge in [-0.2, -0.15) is 0 Å². The molecule has 198 valence electrons. The molecule has 0 fully saturated rings. The molecule has 3 aromatic heterocycles. The van der Waals surface area contributed by atoms with E-state index in [1.807, 2.05) is 88.1 Å². The molecule has 0 amide bonds. The molecule has 8 heteroatoms. The Morgan fingerprint density at radius 1 is 1.13 bits per heavy atom. The molecule has 1 atom stereocenters. The van der Waals surface area contributed by atoms with Crippen molar-refractivity contribution in [3.05, 3.63) is 71.7 Å². The number of pyridine rings is 2. The molecule has 0 radical (unpaired) electrons. The first-order valence-electron chi connectivity index (χ1n) is 13.0. The lowest BCUT2D eigenvalue weighted by Gasteiger charge is -2.29. The molecule has 8 nitrogen and oxygen atoms in total. The van der Waals surface area contributed by atoms with E-state index in [1.54, 1.807) is 6.20 Å². The van der Waals surface area contributed by atoms with Crippen LogP contribution in [0.2, 0.25) is 0 Å². The topological polar surface area (TPSA) is 99.4 Å². The van der Waals surface area contributed by atoms with Crippen molar-refractivity contribution < 1.29 is 19.4 Å². The third-order valence-corrected chi connectivity index (χ3v) is 7.09. The zero-order chi connectivity index (χ0) is 27.5. The van der Waals surface area contributed by atoms with E-state index >= 15 is 0 Å². The minimum absolute atomic E-state index is 0.593. The maximum absolute atomic E-state index is 12.7. The monoisotopic (exact) mass is 522 g/mol. The number of rotatable bonds is 5. The van der Waals surface area contributed by atoms with Crippen LogP contribution in [0, 0.1) is 6.92 Å². The number of nitrogens with zero attached hydrogens (tertiary/aromatic N) is 4. The van der Waals surface area contributed by atoms with Crippen molar-refractivity contribution in [2.75, 3.05) is 6.61 Å². The number of fused-ring (bicyclic) bond motifs is 1. The molecule has 39 heavy (non-hydrogen) atoms. The molecule has 6 rings (SSSR count). The summed E-state index contributed by atoms with van der Waals surface area (Å²) in [4.78, 5) is 27.0. The smallest absolute Gasteiger partial charge is 0.337 e. The highest BCUT2D eigenvalue weighted by Gasteiger charge is 2.33. The zero-order valence-corrected chi connectivity index (χ0v) is 22.6. The van der Waals surface area contributed by atoms with Crippen LogP contribution in [-0.4, -0.2) is 42.8 Å². The van der Waals surface area contributed by atoms with Crippen molar-refractivity contribution in [1.29, 1.82) is 0 Å². The number of ether oxygens (including phenoxy) is 2. The van der Waals surface area contributed by atoms with Crippen molar-refractivity contribution in [3.8, 4) is 28.4 Å². The number of carboxylic acids is 1. The van der Waals surface area contributed by atoms with Crippen molar-refractivity contribution in [2.45, 2.75) is 45.8 Å². The number of carboxylic acid groups (broad SMARTS) is 1. The fourth-order valence-corrected chi connectivity index (χ4v) is 5.48. The van der Waals surface area contributed by atoms with E-state index in [-0.39, 0.29) is 0 Å². The van der Waals surface area contributed by atoms with Crippen molar-refractivity contribution in [3.63, 3.8) is 0 Å². The van der Waals surface area contributed by atoms with Gasteiger partial charge in [0.25, 0.3) is 0 Å². The summed E-state index contributed by atoms with van der Waals surface area (Å²) in [7, 11) is 1.93. The number of imidazole rings is 1. The number of hydrogen-bond acceptors (Lipinski definition) is 6. The third-order valence-electron chi connectivity index (χ3n) is 7.09. The SMILES string of the molecule is Cc1cc2nc(-c3nccn3C)ccc2c(-c2ccc3c4c(ccnc24)CCO3)c1[C@H](OC(C)(C)C)C(=O)O. The van der Waals surface area contributed by atoms with Crippen LogP contribution in [0.25, 0.3) is 44.5 Å². The Morgan fingerprint density at radius 3 is 2.67 bits per heavy atom. The Kier molecular flexibility index (Phi) is 5.88. The number of aliphatic carboxylic acids is 1. The number of hydrogen-bond donors (Lipinski definition) is 1. The van der Waals surface area contributed by atoms with E-state index in [0.29, 0.717) is 12.2 Å². The number of aromatic nitrogens is 4. The first-order chi connectivity index (χ1) is 18.6. The van der Waals surface area contributed by atoms with Gasteiger partial charge in [0.2, 0.25) is 0 Å². The standard InChI is InChI=1S/C31H30N4O4/c1-17-16-22-19(6-8-21(34-22)29-33-13-14-35(29)5)26(24(17)28(30(36)37)39-31(2,3)4)20-7-9-23-25-18(11-15-38-23)10-12-32-27(20)25/h6-10,12-14,16,28H,11,15H2,1-5H3,(H,36,37)/t28-/m0/s1. The summed E-state index contributed by atoms with van der Waals surface area (Å²) in [5, 5.41) is 12.2. The van der Waals surface area contributed by atoms with Crippen LogP contribution in [0.3, 0.4) is 0 Å². The van der Waals surface area contributed by atoms with Gasteiger partial charge < -0.3 is 19.1 Å². The number of carbonyl (C=O) groups is 1. The first kappa shape index (κ1) is 25.0. The Hall–Kier alpha value is -4.30. The van der Waals surface area contributed by atoms with Gasteiger partial charge in [-0.05, 0) is 80.8 Å². The van der Waals surface area contributed by atoms with Crippen LogP contribution in [0.1, 0.15) is 43.6 Å². The summed E-state index contributed by atoms with van der Waals surface area (Å²) in [6.07, 6.45) is 5.03. The van der Waals surface area contributed by atoms with Crippen molar-refractivity contribution in [1.82, 2.24) is 19.5 Å². The predicted octanol–water partition coefficient (Wildman–Crippen LogP) is 6.03. The van der Waals surface area contributed by atoms with Crippen molar-refractivity contribution >= 4 is 27.8 Å². The molecule has 0 bridgehead atoms. The summed E-state index contributed by atoms with van der Waals surface area (Å²) in [6, 6.07) is 11.8. The molecule has 5 aromatic rings. The van der Waals surface area contributed by atoms with Gasteiger partial charge in [0.05, 0.1) is 23.2 Å². The Balaban J connectivity index is 1.71. The fourth-order valence-electron chi connectivity index (χ4n) is 5.48. The molecule has 0 aliphatic carbocycles. The fraction of sp³-hybridized carbons (Fsp3) is 0.290. The van der Waals surface area contributed by atoms with Gasteiger partial charge >= 0.3 is 5.97 Å². The van der Waals surface area contributed by atoms with Gasteiger partial charge in [0.1, 0.15) is 11.4 Å². The molecule has 4 heterocycles. The lowest BCUT2D eigenvalue weighted by Crippen LogP contribution is -2.28. The van der Waals surface area contributed by atoms with E-state index in [1.165, 1.54) is 0 Å². The summed E-state index contributed by atoms with van der Waals surface area (Å²) in [6.45, 7) is 8.12. The Morgan fingerprint density at radius 2 is 1.95 bits per heavy atom. The molecular weight excluding hydrogens is 492 g/mol. The summed E-state index contributed by atoms with van der Waals surface area (Å²) in [5.74, 6) is 0.489. The summed E-state index contributed by atoms with van der Waals surface area (Å²) in [5.41, 5.74) is 5.66. The number of aryl methyl sites for hydroxylation is 2. The molecular formula is C31H30N4O4. The number of benzene rings is 2. The minimum atomic E-state index is -1.19. The minimum Gasteiger partial charge on any atom is -0.493 e. The second-order valence-corrected chi connectivity index (χ2v) is 11.0. The second kappa shape index (κ2) is 9.17. The van der Waals surface area contributed by atoms with Crippen LogP contribution in [-0.2, 0) is 23.0 Å². The Labute approximate surface area is 226 Å². The van der Waals surface area contributed by atoms with E-state index in [4.69, 9.17) is 19.4 Å². The molecule has 0 saturated heterocycles. The quantitative estimate of drug-likeness (QED) is 0.301. The van der Waals surface area contributed by atoms with E-state index in [0.717, 1.165) is 67.7 Å². The maximum Gasteiger partial charge on any atom is 0.337 e. The molecule has 1 aliphatic rings. The molecule has 0 saturated carbocycles. The highest BCUT2D eigenvalue weighted by molar-refractivity contribution is 6.08. The van der Waals surface area contributed by atoms with E-state index < -0.39 is 17.7 Å². The largest absolute Gasteiger partial charge is 0.493 e. The maximum atomic E-state index is 12.7. The normalized spacial score (nSPS) is 14.0. The third kappa shape index (κ3) is 4.30.